The summed E-state index contributed by atoms with van der Waals surface area (Å²) in [6, 6.07) is 0. The second-order valence-corrected chi connectivity index (χ2v) is 5.40. The lowest BCUT2D eigenvalue weighted by molar-refractivity contribution is -0.338. The number of hydrogen-bond donors (Lipinski definition) is 6. The predicted octanol–water partition coefficient (Wildman–Crippen LogP) is -3.34. The first kappa shape index (κ1) is 17.0. The lowest BCUT2D eigenvalue weighted by Crippen LogP contribution is -2.61. The predicted molar refractivity (Wildman–Crippen MR) is 65.8 cm³/mol. The molecule has 0 bridgehead atoms. The highest BCUT2D eigenvalue weighted by molar-refractivity contribution is 4.90. The molecule has 6 N–H and O–H groups in total. The minimum Gasteiger partial charge on any atom is -0.394 e. The first-order valence-electron chi connectivity index (χ1n) is 6.82. The molecule has 0 amide bonds. The Morgan fingerprint density at radius 1 is 1.00 bits per heavy atom. The summed E-state index contributed by atoms with van der Waals surface area (Å²) < 4.78 is 15.7. The van der Waals surface area contributed by atoms with Gasteiger partial charge in [-0.05, 0) is 6.92 Å². The molecule has 21 heavy (non-hydrogen) atoms. The van der Waals surface area contributed by atoms with Crippen LogP contribution in [0.25, 0.3) is 0 Å². The van der Waals surface area contributed by atoms with Crippen LogP contribution in [-0.4, -0.2) is 92.6 Å². The maximum Gasteiger partial charge on any atom is 0.187 e. The molecule has 2 rings (SSSR count). The summed E-state index contributed by atoms with van der Waals surface area (Å²) in [4.78, 5) is 0. The number of aliphatic hydroxyl groups excluding tert-OH is 6. The van der Waals surface area contributed by atoms with E-state index in [1.807, 2.05) is 0 Å². The summed E-state index contributed by atoms with van der Waals surface area (Å²) in [7, 11) is 0. The lowest BCUT2D eigenvalue weighted by Gasteiger charge is -2.43. The summed E-state index contributed by atoms with van der Waals surface area (Å²) in [6.07, 6.45) is -10.8. The first-order chi connectivity index (χ1) is 9.85. The fourth-order valence-electron chi connectivity index (χ4n) is 2.57. The van der Waals surface area contributed by atoms with Crippen LogP contribution < -0.4 is 0 Å². The molecule has 124 valence electrons. The van der Waals surface area contributed by atoms with Gasteiger partial charge in [0.2, 0.25) is 0 Å². The number of rotatable bonds is 3. The van der Waals surface area contributed by atoms with Gasteiger partial charge in [0.15, 0.2) is 12.6 Å². The Hall–Kier alpha value is -0.360. The van der Waals surface area contributed by atoms with E-state index in [2.05, 4.69) is 0 Å². The molecule has 0 aromatic heterocycles. The molecule has 9 heteroatoms. The van der Waals surface area contributed by atoms with Crippen LogP contribution in [0.15, 0.2) is 0 Å². The standard InChI is InChI=1S/C12H22O9/c1-4-11(5(14)2-7(15)19-4)21-12-10(18)9(17)8(16)6(3-13)20-12/h4-18H,2-3H2,1H3/t4-,5+,6-,7-,8-,9+,10-,11+,12+/m1/s1. The van der Waals surface area contributed by atoms with Crippen molar-refractivity contribution in [2.75, 3.05) is 6.61 Å². The monoisotopic (exact) mass is 310 g/mol. The summed E-state index contributed by atoms with van der Waals surface area (Å²) in [6.45, 7) is 1.00. The van der Waals surface area contributed by atoms with Crippen molar-refractivity contribution in [2.24, 2.45) is 0 Å². The van der Waals surface area contributed by atoms with Gasteiger partial charge in [-0.15, -0.1) is 0 Å². The molecule has 0 unspecified atom stereocenters. The molecule has 2 fully saturated rings. The maximum atomic E-state index is 9.90. The Bertz CT molecular complexity index is 327. The van der Waals surface area contributed by atoms with Gasteiger partial charge in [-0.25, -0.2) is 0 Å². The van der Waals surface area contributed by atoms with Crippen LogP contribution in [0, 0.1) is 0 Å². The van der Waals surface area contributed by atoms with Gasteiger partial charge in [0.05, 0.1) is 18.8 Å². The van der Waals surface area contributed by atoms with Crippen LogP contribution in [0.5, 0.6) is 0 Å². The van der Waals surface area contributed by atoms with E-state index in [0.29, 0.717) is 0 Å². The summed E-state index contributed by atoms with van der Waals surface area (Å²) in [5.74, 6) is 0. The Morgan fingerprint density at radius 3 is 2.24 bits per heavy atom. The molecule has 0 spiro atoms. The summed E-state index contributed by atoms with van der Waals surface area (Å²) >= 11 is 0. The van der Waals surface area contributed by atoms with Crippen molar-refractivity contribution in [3.8, 4) is 0 Å². The zero-order valence-corrected chi connectivity index (χ0v) is 11.5. The first-order valence-corrected chi connectivity index (χ1v) is 6.82. The summed E-state index contributed by atoms with van der Waals surface area (Å²) in [5.41, 5.74) is 0. The van der Waals surface area contributed by atoms with Gasteiger partial charge in [0, 0.05) is 6.42 Å². The number of ether oxygens (including phenoxy) is 3. The second-order valence-electron chi connectivity index (χ2n) is 5.40. The molecule has 2 heterocycles. The smallest absolute Gasteiger partial charge is 0.187 e. The molecule has 9 nitrogen and oxygen atoms in total. The SMILES string of the molecule is C[C@H]1O[C@@H](O)C[C@H](O)[C@H]1O[C@@H]1O[C@H](CO)[C@@H](O)[C@H](O)[C@H]1O. The van der Waals surface area contributed by atoms with Crippen molar-refractivity contribution in [3.05, 3.63) is 0 Å². The van der Waals surface area contributed by atoms with E-state index in [1.54, 1.807) is 6.92 Å². The minimum absolute atomic E-state index is 0.0631. The number of aliphatic hydroxyl groups is 6. The Morgan fingerprint density at radius 2 is 1.67 bits per heavy atom. The van der Waals surface area contributed by atoms with Crippen molar-refractivity contribution < 1.29 is 44.8 Å². The molecule has 2 aliphatic rings. The fraction of sp³-hybridized carbons (Fsp3) is 1.00. The summed E-state index contributed by atoms with van der Waals surface area (Å²) in [5, 5.41) is 57.5. The van der Waals surface area contributed by atoms with Crippen LogP contribution in [-0.2, 0) is 14.2 Å². The van der Waals surface area contributed by atoms with Crippen LogP contribution in [0.2, 0.25) is 0 Å². The molecular weight excluding hydrogens is 288 g/mol. The highest BCUT2D eigenvalue weighted by Gasteiger charge is 2.47. The topological polar surface area (TPSA) is 149 Å². The molecule has 2 aliphatic heterocycles. The van der Waals surface area contributed by atoms with Crippen molar-refractivity contribution in [1.29, 1.82) is 0 Å². The minimum atomic E-state index is -1.55. The van der Waals surface area contributed by atoms with Gasteiger partial charge in [-0.3, -0.25) is 0 Å². The molecule has 2 saturated heterocycles. The normalized spacial score (nSPS) is 51.9. The zero-order valence-electron chi connectivity index (χ0n) is 11.5. The highest BCUT2D eigenvalue weighted by atomic mass is 16.7. The van der Waals surface area contributed by atoms with E-state index in [-0.39, 0.29) is 6.42 Å². The van der Waals surface area contributed by atoms with Gasteiger partial charge in [0.1, 0.15) is 30.5 Å². The average molecular weight is 310 g/mol. The Kier molecular flexibility index (Phi) is 5.52. The molecule has 0 radical (unpaired) electrons. The van der Waals surface area contributed by atoms with Crippen molar-refractivity contribution >= 4 is 0 Å². The van der Waals surface area contributed by atoms with Crippen LogP contribution in [0.4, 0.5) is 0 Å². The van der Waals surface area contributed by atoms with Crippen LogP contribution in [0.3, 0.4) is 0 Å². The van der Waals surface area contributed by atoms with Gasteiger partial charge in [-0.2, -0.15) is 0 Å². The third-order valence-corrected chi connectivity index (χ3v) is 3.80. The van der Waals surface area contributed by atoms with Gasteiger partial charge < -0.3 is 44.8 Å². The third-order valence-electron chi connectivity index (χ3n) is 3.80. The van der Waals surface area contributed by atoms with E-state index >= 15 is 0 Å². The lowest BCUT2D eigenvalue weighted by atomic mass is 9.98. The van der Waals surface area contributed by atoms with Gasteiger partial charge in [0.25, 0.3) is 0 Å². The third kappa shape index (κ3) is 3.52. The molecule has 0 saturated carbocycles. The van der Waals surface area contributed by atoms with E-state index in [1.165, 1.54) is 0 Å². The second kappa shape index (κ2) is 6.82. The van der Waals surface area contributed by atoms with E-state index in [4.69, 9.17) is 19.3 Å². The van der Waals surface area contributed by atoms with Crippen LogP contribution >= 0.6 is 0 Å². The number of hydrogen-bond acceptors (Lipinski definition) is 9. The Balaban J connectivity index is 2.03. The molecular formula is C12H22O9. The van der Waals surface area contributed by atoms with E-state index in [0.717, 1.165) is 0 Å². The van der Waals surface area contributed by atoms with Crippen molar-refractivity contribution in [3.63, 3.8) is 0 Å². The Labute approximate surface area is 121 Å². The molecule has 0 aromatic rings. The fourth-order valence-corrected chi connectivity index (χ4v) is 2.57. The quantitative estimate of drug-likeness (QED) is 0.314. The van der Waals surface area contributed by atoms with E-state index in [9.17, 15) is 25.5 Å². The molecule has 9 atom stereocenters. The zero-order chi connectivity index (χ0) is 15.7. The van der Waals surface area contributed by atoms with Crippen molar-refractivity contribution in [2.45, 2.75) is 68.7 Å². The largest absolute Gasteiger partial charge is 0.394 e. The highest BCUT2D eigenvalue weighted by Crippen LogP contribution is 2.27. The van der Waals surface area contributed by atoms with Crippen LogP contribution in [0.1, 0.15) is 13.3 Å². The van der Waals surface area contributed by atoms with Crippen molar-refractivity contribution in [1.82, 2.24) is 0 Å². The maximum absolute atomic E-state index is 9.90. The van der Waals surface area contributed by atoms with E-state index < -0.39 is 61.9 Å². The molecule has 0 aliphatic carbocycles. The van der Waals surface area contributed by atoms with Gasteiger partial charge >= 0.3 is 0 Å². The van der Waals surface area contributed by atoms with Gasteiger partial charge in [-0.1, -0.05) is 0 Å². The molecule has 0 aromatic carbocycles. The average Bonchev–Trinajstić information content (AvgIpc) is 2.42.